The fourth-order valence-electron chi connectivity index (χ4n) is 7.18. The summed E-state index contributed by atoms with van der Waals surface area (Å²) in [6.45, 7) is 9.94. The molecule has 2 fully saturated rings. The predicted molar refractivity (Wildman–Crippen MR) is 197 cm³/mol. The molecule has 250 valence electrons. The number of rotatable bonds is 8. The molecule has 2 unspecified atom stereocenters. The van der Waals surface area contributed by atoms with Crippen LogP contribution in [0.1, 0.15) is 23.9 Å². The van der Waals surface area contributed by atoms with Crippen LogP contribution in [0.4, 0.5) is 0 Å². The maximum absolute atomic E-state index is 13.0. The Morgan fingerprint density at radius 3 is 2.04 bits per heavy atom. The van der Waals surface area contributed by atoms with E-state index >= 15 is 0 Å². The molecule has 7 rings (SSSR count). The molecule has 2 amide bonds. The highest BCUT2D eigenvalue weighted by atomic mass is 16.2. The second-order valence-electron chi connectivity index (χ2n) is 13.7. The first-order valence-electron chi connectivity index (χ1n) is 17.5. The Bertz CT molecular complexity index is 1870. The van der Waals surface area contributed by atoms with E-state index in [4.69, 9.17) is 4.98 Å². The maximum Gasteiger partial charge on any atom is 0.246 e. The number of hydrogen-bond donors (Lipinski definition) is 0. The third-order valence-corrected chi connectivity index (χ3v) is 10.2. The van der Waals surface area contributed by atoms with E-state index in [1.54, 1.807) is 12.2 Å². The van der Waals surface area contributed by atoms with Gasteiger partial charge in [-0.2, -0.15) is 0 Å². The molecular weight excluding hydrogens is 606 g/mol. The van der Waals surface area contributed by atoms with Gasteiger partial charge in [-0.1, -0.05) is 91.9 Å². The number of aromatic nitrogens is 1. The summed E-state index contributed by atoms with van der Waals surface area (Å²) in [5, 5.41) is 2.38. The van der Waals surface area contributed by atoms with Crippen LogP contribution in [-0.4, -0.2) is 88.8 Å². The van der Waals surface area contributed by atoms with Crippen molar-refractivity contribution < 1.29 is 9.59 Å². The zero-order chi connectivity index (χ0) is 33.6. The maximum atomic E-state index is 13.0. The van der Waals surface area contributed by atoms with E-state index in [-0.39, 0.29) is 17.2 Å². The summed E-state index contributed by atoms with van der Waals surface area (Å²) in [6, 6.07) is 20.8. The minimum absolute atomic E-state index is 0.0317. The first-order chi connectivity index (χ1) is 23.9. The lowest BCUT2D eigenvalue weighted by atomic mass is 9.71. The Labute approximate surface area is 289 Å². The molecule has 2 atom stereocenters. The van der Waals surface area contributed by atoms with E-state index in [1.807, 2.05) is 34.1 Å². The van der Waals surface area contributed by atoms with Gasteiger partial charge in [-0.25, -0.2) is 0 Å². The number of piperazine rings is 2. The molecule has 7 heteroatoms. The molecule has 2 aromatic carbocycles. The number of pyridine rings is 1. The van der Waals surface area contributed by atoms with Gasteiger partial charge in [-0.3, -0.25) is 24.4 Å². The standard InChI is InChI=1S/C42H45N5O2/c1-42-20-5-4-9-37(42)17-13-34(30-42)15-19-41(49)47-27-23-45(24-28-47)32-39-11-6-10-38(43-39)31-44-21-25-46(26-22-44)40(48)18-14-33-12-16-35-7-2-3-8-36(35)29-33/h2-20,29-30,37H,21-28,31-32H2,1H3/b18-14+,19-15+. The molecule has 3 aromatic rings. The third kappa shape index (κ3) is 8.07. The lowest BCUT2D eigenvalue weighted by Gasteiger charge is -2.35. The quantitative estimate of drug-likeness (QED) is 0.278. The van der Waals surface area contributed by atoms with Gasteiger partial charge in [0, 0.05) is 88.9 Å². The van der Waals surface area contributed by atoms with Gasteiger partial charge in [0.1, 0.15) is 0 Å². The summed E-state index contributed by atoms with van der Waals surface area (Å²) >= 11 is 0. The molecule has 0 spiro atoms. The summed E-state index contributed by atoms with van der Waals surface area (Å²) < 4.78 is 0. The Hall–Kier alpha value is -4.85. The van der Waals surface area contributed by atoms with Crippen molar-refractivity contribution in [3.63, 3.8) is 0 Å². The highest BCUT2D eigenvalue weighted by molar-refractivity contribution is 5.93. The summed E-state index contributed by atoms with van der Waals surface area (Å²) in [6.07, 6.45) is 22.6. The molecule has 3 heterocycles. The molecule has 4 aliphatic rings. The normalized spacial score (nSPS) is 23.0. The van der Waals surface area contributed by atoms with E-state index in [0.29, 0.717) is 32.1 Å². The van der Waals surface area contributed by atoms with Crippen molar-refractivity contribution in [2.75, 3.05) is 52.4 Å². The molecule has 7 nitrogen and oxygen atoms in total. The van der Waals surface area contributed by atoms with Gasteiger partial charge in [0.25, 0.3) is 0 Å². The summed E-state index contributed by atoms with van der Waals surface area (Å²) in [7, 11) is 0. The van der Waals surface area contributed by atoms with Gasteiger partial charge < -0.3 is 9.80 Å². The molecule has 0 radical (unpaired) electrons. The summed E-state index contributed by atoms with van der Waals surface area (Å²) in [4.78, 5) is 39.5. The average Bonchev–Trinajstić information content (AvgIpc) is 3.13. The van der Waals surface area contributed by atoms with Crippen molar-refractivity contribution in [3.8, 4) is 0 Å². The Balaban J connectivity index is 0.844. The molecular formula is C42H45N5O2. The lowest BCUT2D eigenvalue weighted by molar-refractivity contribution is -0.128. The van der Waals surface area contributed by atoms with Crippen molar-refractivity contribution in [3.05, 3.63) is 144 Å². The van der Waals surface area contributed by atoms with E-state index in [9.17, 15) is 9.59 Å². The highest BCUT2D eigenvalue weighted by Crippen LogP contribution is 2.39. The average molecular weight is 652 g/mol. The zero-order valence-corrected chi connectivity index (χ0v) is 28.3. The highest BCUT2D eigenvalue weighted by Gasteiger charge is 2.30. The summed E-state index contributed by atoms with van der Waals surface area (Å²) in [5.41, 5.74) is 4.19. The first kappa shape index (κ1) is 32.7. The largest absolute Gasteiger partial charge is 0.337 e. The second kappa shape index (κ2) is 14.7. The number of carbonyl (C=O) groups is 2. The molecule has 2 aliphatic carbocycles. The van der Waals surface area contributed by atoms with Gasteiger partial charge in [0.05, 0.1) is 11.4 Å². The van der Waals surface area contributed by atoms with Gasteiger partial charge >= 0.3 is 0 Å². The Kier molecular flexibility index (Phi) is 9.82. The monoisotopic (exact) mass is 651 g/mol. The van der Waals surface area contributed by atoms with Crippen LogP contribution in [0.15, 0.2) is 127 Å². The number of fused-ring (bicyclic) bond motifs is 2. The number of benzene rings is 2. The van der Waals surface area contributed by atoms with Crippen LogP contribution in [0.2, 0.25) is 0 Å². The number of nitrogens with zero attached hydrogens (tertiary/aromatic N) is 5. The van der Waals surface area contributed by atoms with E-state index in [1.165, 1.54) is 10.8 Å². The molecule has 0 bridgehead atoms. The third-order valence-electron chi connectivity index (χ3n) is 10.2. The Morgan fingerprint density at radius 2 is 1.37 bits per heavy atom. The van der Waals surface area contributed by atoms with Crippen molar-refractivity contribution in [1.82, 2.24) is 24.6 Å². The van der Waals surface area contributed by atoms with Crippen LogP contribution >= 0.6 is 0 Å². The molecule has 2 saturated heterocycles. The number of allylic oxidation sites excluding steroid dienone is 9. The minimum atomic E-state index is -0.0317. The van der Waals surface area contributed by atoms with E-state index in [0.717, 1.165) is 61.8 Å². The smallest absolute Gasteiger partial charge is 0.246 e. The first-order valence-corrected chi connectivity index (χ1v) is 17.5. The van der Waals surface area contributed by atoms with Gasteiger partial charge in [0.15, 0.2) is 0 Å². The Morgan fingerprint density at radius 1 is 0.735 bits per heavy atom. The minimum Gasteiger partial charge on any atom is -0.337 e. The van der Waals surface area contributed by atoms with Crippen molar-refractivity contribution in [1.29, 1.82) is 0 Å². The predicted octanol–water partition coefficient (Wildman–Crippen LogP) is 6.04. The zero-order valence-electron chi connectivity index (χ0n) is 28.3. The molecule has 49 heavy (non-hydrogen) atoms. The fourth-order valence-corrected chi connectivity index (χ4v) is 7.18. The van der Waals surface area contributed by atoms with Crippen molar-refractivity contribution in [2.24, 2.45) is 11.3 Å². The van der Waals surface area contributed by atoms with Gasteiger partial charge in [-0.05, 0) is 52.3 Å². The molecule has 0 N–H and O–H groups in total. The van der Waals surface area contributed by atoms with Crippen LogP contribution in [0, 0.1) is 11.3 Å². The van der Waals surface area contributed by atoms with E-state index in [2.05, 4.69) is 108 Å². The second-order valence-corrected chi connectivity index (χ2v) is 13.7. The van der Waals surface area contributed by atoms with Crippen molar-refractivity contribution >= 4 is 28.7 Å². The molecule has 1 aromatic heterocycles. The fraction of sp³-hybridized carbons (Fsp3) is 0.310. The van der Waals surface area contributed by atoms with Crippen LogP contribution in [-0.2, 0) is 22.7 Å². The molecule has 2 aliphatic heterocycles. The lowest BCUT2D eigenvalue weighted by Crippen LogP contribution is -2.48. The number of carbonyl (C=O) groups excluding carboxylic acids is 2. The van der Waals surface area contributed by atoms with Crippen LogP contribution in [0.25, 0.3) is 16.8 Å². The SMILES string of the molecule is CC12C=CC=CC1C=CC(/C=C/C(=O)N1CCN(Cc3cccc(CN4CCN(C(=O)/C=C/c5ccc6ccccc6c5)CC4)n3)CC1)=C2. The number of amides is 2. The van der Waals surface area contributed by atoms with Gasteiger partial charge in [0.2, 0.25) is 11.8 Å². The molecule has 0 saturated carbocycles. The summed E-state index contributed by atoms with van der Waals surface area (Å²) in [5.74, 6) is 0.506. The van der Waals surface area contributed by atoms with Gasteiger partial charge in [-0.15, -0.1) is 0 Å². The van der Waals surface area contributed by atoms with Crippen LogP contribution in [0.3, 0.4) is 0 Å². The number of hydrogen-bond acceptors (Lipinski definition) is 5. The van der Waals surface area contributed by atoms with Crippen molar-refractivity contribution in [2.45, 2.75) is 20.0 Å². The van der Waals surface area contributed by atoms with Crippen LogP contribution < -0.4 is 0 Å². The topological polar surface area (TPSA) is 60.0 Å². The van der Waals surface area contributed by atoms with Crippen LogP contribution in [0.5, 0.6) is 0 Å². The van der Waals surface area contributed by atoms with E-state index < -0.39 is 0 Å².